The van der Waals surface area contributed by atoms with Crippen molar-refractivity contribution in [1.82, 2.24) is 0 Å². The summed E-state index contributed by atoms with van der Waals surface area (Å²) < 4.78 is 5.53. The van der Waals surface area contributed by atoms with Crippen molar-refractivity contribution in [3.05, 3.63) is 24.3 Å². The molecule has 0 unspecified atom stereocenters. The van der Waals surface area contributed by atoms with Crippen LogP contribution in [0.4, 0.5) is 0 Å². The van der Waals surface area contributed by atoms with E-state index in [-0.39, 0.29) is 5.60 Å². The van der Waals surface area contributed by atoms with E-state index >= 15 is 0 Å². The molecule has 0 saturated carbocycles. The van der Waals surface area contributed by atoms with Crippen molar-refractivity contribution < 1.29 is 4.74 Å². The van der Waals surface area contributed by atoms with Crippen molar-refractivity contribution in [3.63, 3.8) is 0 Å². The molecule has 3 aliphatic carbocycles. The zero-order chi connectivity index (χ0) is 8.44. The third-order valence-corrected chi connectivity index (χ3v) is 2.99. The van der Waals surface area contributed by atoms with Crippen LogP contribution in [0.15, 0.2) is 24.3 Å². The Bertz CT molecular complexity index is 201. The summed E-state index contributed by atoms with van der Waals surface area (Å²) in [4.78, 5) is 0. The second kappa shape index (κ2) is 3.06. The molecule has 0 aliphatic heterocycles. The smallest absolute Gasteiger partial charge is 0.104 e. The van der Waals surface area contributed by atoms with Gasteiger partial charge in [-0.05, 0) is 25.2 Å². The highest BCUT2D eigenvalue weighted by atomic mass is 16.5. The van der Waals surface area contributed by atoms with Crippen LogP contribution in [0.25, 0.3) is 0 Å². The van der Waals surface area contributed by atoms with Gasteiger partial charge in [-0.15, -0.1) is 0 Å². The highest BCUT2D eigenvalue weighted by molar-refractivity contribution is 5.23. The van der Waals surface area contributed by atoms with Crippen molar-refractivity contribution in [2.24, 2.45) is 5.92 Å². The fourth-order valence-electron chi connectivity index (χ4n) is 2.07. The first-order chi connectivity index (χ1) is 5.85. The first-order valence-electron chi connectivity index (χ1n) is 4.78. The molecule has 0 N–H and O–H groups in total. The molecule has 0 radical (unpaired) electrons. The Morgan fingerprint density at radius 1 is 1.25 bits per heavy atom. The molecular weight excluding hydrogens is 148 g/mol. The monoisotopic (exact) mass is 164 g/mol. The zero-order valence-electron chi connectivity index (χ0n) is 7.62. The molecule has 2 bridgehead atoms. The lowest BCUT2D eigenvalue weighted by Crippen LogP contribution is -2.29. The van der Waals surface area contributed by atoms with Gasteiger partial charge in [0.15, 0.2) is 0 Å². The lowest BCUT2D eigenvalue weighted by Gasteiger charge is -2.32. The molecule has 0 saturated heterocycles. The van der Waals surface area contributed by atoms with Crippen molar-refractivity contribution in [2.75, 3.05) is 7.11 Å². The van der Waals surface area contributed by atoms with Crippen LogP contribution in [-0.2, 0) is 4.74 Å². The van der Waals surface area contributed by atoms with Gasteiger partial charge in [0.05, 0.1) is 0 Å². The van der Waals surface area contributed by atoms with Crippen molar-refractivity contribution in [1.29, 1.82) is 0 Å². The fourth-order valence-corrected chi connectivity index (χ4v) is 2.07. The van der Waals surface area contributed by atoms with Gasteiger partial charge < -0.3 is 4.74 Å². The number of ether oxygens (including phenoxy) is 1. The molecule has 1 heteroatoms. The predicted molar refractivity (Wildman–Crippen MR) is 50.0 cm³/mol. The van der Waals surface area contributed by atoms with Crippen LogP contribution in [0.1, 0.15) is 25.7 Å². The summed E-state index contributed by atoms with van der Waals surface area (Å²) in [5.74, 6) is 0.675. The zero-order valence-corrected chi connectivity index (χ0v) is 7.62. The van der Waals surface area contributed by atoms with E-state index in [9.17, 15) is 0 Å². The quantitative estimate of drug-likeness (QED) is 0.541. The molecule has 3 aliphatic rings. The number of allylic oxidation sites excluding steroid dienone is 2. The van der Waals surface area contributed by atoms with Crippen molar-refractivity contribution in [3.8, 4) is 0 Å². The Kier molecular flexibility index (Phi) is 2.05. The third-order valence-electron chi connectivity index (χ3n) is 2.99. The molecule has 0 aromatic heterocycles. The van der Waals surface area contributed by atoms with Crippen LogP contribution in [-0.4, -0.2) is 12.7 Å². The molecule has 0 fully saturated rings. The summed E-state index contributed by atoms with van der Waals surface area (Å²) >= 11 is 0. The minimum Gasteiger partial charge on any atom is -0.370 e. The topological polar surface area (TPSA) is 9.23 Å². The Morgan fingerprint density at radius 2 is 2.00 bits per heavy atom. The van der Waals surface area contributed by atoms with Crippen LogP contribution in [0.3, 0.4) is 0 Å². The van der Waals surface area contributed by atoms with Crippen LogP contribution >= 0.6 is 0 Å². The average Bonchev–Trinajstić information content (AvgIpc) is 2.07. The van der Waals surface area contributed by atoms with Gasteiger partial charge in [0.1, 0.15) is 5.60 Å². The van der Waals surface area contributed by atoms with Gasteiger partial charge in [-0.2, -0.15) is 0 Å². The van der Waals surface area contributed by atoms with E-state index in [0.29, 0.717) is 5.92 Å². The third kappa shape index (κ3) is 1.34. The van der Waals surface area contributed by atoms with E-state index in [4.69, 9.17) is 4.74 Å². The summed E-state index contributed by atoms with van der Waals surface area (Å²) in [6, 6.07) is 0. The van der Waals surface area contributed by atoms with E-state index in [1.165, 1.54) is 19.3 Å². The van der Waals surface area contributed by atoms with Crippen LogP contribution in [0.5, 0.6) is 0 Å². The van der Waals surface area contributed by atoms with E-state index < -0.39 is 0 Å². The van der Waals surface area contributed by atoms with Gasteiger partial charge in [0, 0.05) is 7.11 Å². The van der Waals surface area contributed by atoms with Crippen LogP contribution < -0.4 is 0 Å². The van der Waals surface area contributed by atoms with E-state index in [1.54, 1.807) is 7.11 Å². The second-order valence-electron chi connectivity index (χ2n) is 3.79. The van der Waals surface area contributed by atoms with Gasteiger partial charge in [0.25, 0.3) is 0 Å². The van der Waals surface area contributed by atoms with Gasteiger partial charge in [0.2, 0.25) is 0 Å². The summed E-state index contributed by atoms with van der Waals surface area (Å²) in [7, 11) is 1.80. The first-order valence-corrected chi connectivity index (χ1v) is 4.78. The molecule has 66 valence electrons. The molecule has 3 rings (SSSR count). The maximum absolute atomic E-state index is 5.53. The second-order valence-corrected chi connectivity index (χ2v) is 3.79. The van der Waals surface area contributed by atoms with Crippen molar-refractivity contribution >= 4 is 0 Å². The SMILES string of the molecule is COC12C=CC(C=C1)CCCC2. The molecule has 0 atom stereocenters. The standard InChI is InChI=1S/C11H16O/c1-12-11-7-3-2-4-10(5-8-11)6-9-11/h5-6,8-10H,2-4,7H2,1H3. The van der Waals surface area contributed by atoms with E-state index in [1.807, 2.05) is 0 Å². The van der Waals surface area contributed by atoms with Gasteiger partial charge in [-0.3, -0.25) is 0 Å². The number of fused-ring (bicyclic) bond motifs is 3. The molecule has 0 aromatic carbocycles. The summed E-state index contributed by atoms with van der Waals surface area (Å²) in [6.45, 7) is 0. The lowest BCUT2D eigenvalue weighted by molar-refractivity contribution is 0.0594. The average molecular weight is 164 g/mol. The van der Waals surface area contributed by atoms with E-state index in [0.717, 1.165) is 6.42 Å². The lowest BCUT2D eigenvalue weighted by atomic mass is 9.82. The Balaban J connectivity index is 2.23. The number of hydrogen-bond donors (Lipinski definition) is 0. The van der Waals surface area contributed by atoms with Crippen LogP contribution in [0, 0.1) is 5.92 Å². The minimum absolute atomic E-state index is 0.0586. The highest BCUT2D eigenvalue weighted by Crippen LogP contribution is 2.32. The molecule has 0 spiro atoms. The van der Waals surface area contributed by atoms with Gasteiger partial charge in [-0.1, -0.05) is 30.7 Å². The van der Waals surface area contributed by atoms with Crippen molar-refractivity contribution in [2.45, 2.75) is 31.3 Å². The summed E-state index contributed by atoms with van der Waals surface area (Å²) in [6.07, 6.45) is 14.1. The summed E-state index contributed by atoms with van der Waals surface area (Å²) in [5.41, 5.74) is -0.0586. The first kappa shape index (κ1) is 8.06. The molecular formula is C11H16O. The fraction of sp³-hybridized carbons (Fsp3) is 0.636. The molecule has 12 heavy (non-hydrogen) atoms. The molecule has 1 nitrogen and oxygen atoms in total. The maximum atomic E-state index is 5.53. The summed E-state index contributed by atoms with van der Waals surface area (Å²) in [5, 5.41) is 0. The molecule has 0 amide bonds. The molecule has 0 heterocycles. The number of hydrogen-bond acceptors (Lipinski definition) is 1. The minimum atomic E-state index is -0.0586. The Labute approximate surface area is 74.1 Å². The van der Waals surface area contributed by atoms with Crippen LogP contribution in [0.2, 0.25) is 0 Å². The molecule has 0 aromatic rings. The maximum Gasteiger partial charge on any atom is 0.104 e. The normalized spacial score (nSPS) is 39.6. The van der Waals surface area contributed by atoms with Gasteiger partial charge in [-0.25, -0.2) is 0 Å². The van der Waals surface area contributed by atoms with Gasteiger partial charge >= 0.3 is 0 Å². The number of methoxy groups -OCH3 is 1. The van der Waals surface area contributed by atoms with E-state index in [2.05, 4.69) is 24.3 Å². The highest BCUT2D eigenvalue weighted by Gasteiger charge is 2.27. The Hall–Kier alpha value is -0.560. The largest absolute Gasteiger partial charge is 0.370 e. The predicted octanol–water partition coefficient (Wildman–Crippen LogP) is 2.69. The number of rotatable bonds is 1. The Morgan fingerprint density at radius 3 is 2.67 bits per heavy atom.